The van der Waals surface area contributed by atoms with Crippen LogP contribution in [0.3, 0.4) is 0 Å². The summed E-state index contributed by atoms with van der Waals surface area (Å²) in [5.74, 6) is 0.890. The molecular formula is C19H23NO4S. The molecule has 6 heteroatoms. The van der Waals surface area contributed by atoms with E-state index in [1.807, 2.05) is 19.9 Å². The summed E-state index contributed by atoms with van der Waals surface area (Å²) in [6, 6.07) is 1.96. The Morgan fingerprint density at radius 2 is 2.16 bits per heavy atom. The molecule has 0 aromatic carbocycles. The normalized spacial score (nSPS) is 20.5. The van der Waals surface area contributed by atoms with Crippen LogP contribution >= 0.6 is 11.8 Å². The molecule has 134 valence electrons. The highest BCUT2D eigenvalue weighted by Crippen LogP contribution is 2.44. The average molecular weight is 361 g/mol. The van der Waals surface area contributed by atoms with Gasteiger partial charge in [-0.3, -0.25) is 4.79 Å². The Labute approximate surface area is 151 Å². The van der Waals surface area contributed by atoms with Crippen molar-refractivity contribution >= 4 is 23.5 Å². The van der Waals surface area contributed by atoms with Gasteiger partial charge in [0.15, 0.2) is 10.9 Å². The highest BCUT2D eigenvalue weighted by molar-refractivity contribution is 7.99. The first kappa shape index (κ1) is 17.9. The zero-order chi connectivity index (χ0) is 18.1. The monoisotopic (exact) mass is 361 g/mol. The number of ketones is 1. The fourth-order valence-corrected chi connectivity index (χ4v) is 4.32. The van der Waals surface area contributed by atoms with E-state index >= 15 is 0 Å². The number of hydrogen-bond acceptors (Lipinski definition) is 6. The summed E-state index contributed by atoms with van der Waals surface area (Å²) >= 11 is 1.61. The Morgan fingerprint density at radius 1 is 1.40 bits per heavy atom. The molecule has 0 amide bonds. The Bertz CT molecular complexity index is 787. The van der Waals surface area contributed by atoms with Crippen LogP contribution < -0.4 is 5.32 Å². The molecule has 2 aliphatic rings. The molecule has 0 unspecified atom stereocenters. The van der Waals surface area contributed by atoms with Gasteiger partial charge in [-0.1, -0.05) is 18.7 Å². The van der Waals surface area contributed by atoms with E-state index in [0.717, 1.165) is 46.4 Å². The molecule has 2 heterocycles. The number of carbonyl (C=O) groups is 2. The SMILES string of the molecule is CCSc1cc([C@H]2C(C(=O)OC)=C(C)NC3=C2C(=O)CCC3)c(C)o1. The van der Waals surface area contributed by atoms with E-state index in [1.165, 1.54) is 7.11 Å². The van der Waals surface area contributed by atoms with Crippen molar-refractivity contribution in [2.75, 3.05) is 12.9 Å². The number of nitrogens with one attached hydrogen (secondary N) is 1. The topological polar surface area (TPSA) is 68.5 Å². The van der Waals surface area contributed by atoms with E-state index in [9.17, 15) is 9.59 Å². The van der Waals surface area contributed by atoms with Gasteiger partial charge in [-0.05, 0) is 38.5 Å². The fourth-order valence-electron chi connectivity index (χ4n) is 3.64. The minimum Gasteiger partial charge on any atom is -0.466 e. The van der Waals surface area contributed by atoms with Crippen molar-refractivity contribution in [1.82, 2.24) is 5.32 Å². The van der Waals surface area contributed by atoms with Gasteiger partial charge in [0.2, 0.25) is 0 Å². The van der Waals surface area contributed by atoms with Crippen LogP contribution in [0.1, 0.15) is 50.4 Å². The number of allylic oxidation sites excluding steroid dienone is 3. The fraction of sp³-hybridized carbons (Fsp3) is 0.474. The van der Waals surface area contributed by atoms with E-state index in [2.05, 4.69) is 12.2 Å². The number of hydrogen-bond donors (Lipinski definition) is 1. The number of esters is 1. The molecule has 1 aliphatic carbocycles. The first-order chi connectivity index (χ1) is 12.0. The Morgan fingerprint density at radius 3 is 2.84 bits per heavy atom. The number of furan rings is 1. The third-order valence-corrected chi connectivity index (χ3v) is 5.49. The molecule has 1 aliphatic heterocycles. The van der Waals surface area contributed by atoms with Crippen molar-refractivity contribution in [2.45, 2.75) is 51.0 Å². The predicted molar refractivity (Wildman–Crippen MR) is 96.3 cm³/mol. The van der Waals surface area contributed by atoms with Gasteiger partial charge >= 0.3 is 5.97 Å². The molecule has 25 heavy (non-hydrogen) atoms. The van der Waals surface area contributed by atoms with E-state index in [1.54, 1.807) is 11.8 Å². The molecule has 3 rings (SSSR count). The van der Waals surface area contributed by atoms with Crippen LogP contribution in [0.15, 0.2) is 38.1 Å². The summed E-state index contributed by atoms with van der Waals surface area (Å²) in [6.45, 7) is 5.80. The lowest BCUT2D eigenvalue weighted by molar-refractivity contribution is -0.136. The van der Waals surface area contributed by atoms with Gasteiger partial charge in [0, 0.05) is 29.0 Å². The molecule has 1 aromatic rings. The highest BCUT2D eigenvalue weighted by atomic mass is 32.2. The van der Waals surface area contributed by atoms with Crippen molar-refractivity contribution in [2.24, 2.45) is 0 Å². The van der Waals surface area contributed by atoms with Crippen molar-refractivity contribution in [3.63, 3.8) is 0 Å². The molecule has 1 N–H and O–H groups in total. The van der Waals surface area contributed by atoms with Crippen LogP contribution in [0.2, 0.25) is 0 Å². The van der Waals surface area contributed by atoms with E-state index < -0.39 is 11.9 Å². The maximum atomic E-state index is 12.7. The van der Waals surface area contributed by atoms with Crippen LogP contribution in [0.5, 0.6) is 0 Å². The number of Topliss-reactive ketones (excluding diaryl/α,β-unsaturated/α-hetero) is 1. The first-order valence-corrected chi connectivity index (χ1v) is 9.51. The van der Waals surface area contributed by atoms with Crippen LogP contribution in [-0.4, -0.2) is 24.6 Å². The molecule has 0 radical (unpaired) electrons. The smallest absolute Gasteiger partial charge is 0.336 e. The van der Waals surface area contributed by atoms with Gasteiger partial charge in [0.25, 0.3) is 0 Å². The van der Waals surface area contributed by atoms with Crippen LogP contribution in [0, 0.1) is 6.92 Å². The molecule has 5 nitrogen and oxygen atoms in total. The molecular weight excluding hydrogens is 338 g/mol. The van der Waals surface area contributed by atoms with Gasteiger partial charge in [-0.25, -0.2) is 4.79 Å². The van der Waals surface area contributed by atoms with Gasteiger partial charge in [-0.15, -0.1) is 0 Å². The maximum absolute atomic E-state index is 12.7. The van der Waals surface area contributed by atoms with Crippen LogP contribution in [-0.2, 0) is 14.3 Å². The second kappa shape index (κ2) is 7.12. The Hall–Kier alpha value is -1.95. The lowest BCUT2D eigenvalue weighted by Gasteiger charge is -2.33. The number of rotatable bonds is 4. The summed E-state index contributed by atoms with van der Waals surface area (Å²) in [7, 11) is 1.37. The highest BCUT2D eigenvalue weighted by Gasteiger charge is 2.40. The summed E-state index contributed by atoms with van der Waals surface area (Å²) in [4.78, 5) is 25.2. The number of aryl methyl sites for hydroxylation is 1. The third kappa shape index (κ3) is 3.15. The number of thioether (sulfide) groups is 1. The number of methoxy groups -OCH3 is 1. The number of ether oxygens (including phenoxy) is 1. The molecule has 1 atom stereocenters. The maximum Gasteiger partial charge on any atom is 0.336 e. The zero-order valence-corrected chi connectivity index (χ0v) is 15.8. The molecule has 0 bridgehead atoms. The minimum absolute atomic E-state index is 0.0953. The summed E-state index contributed by atoms with van der Waals surface area (Å²) in [6.07, 6.45) is 2.16. The molecule has 0 spiro atoms. The van der Waals surface area contributed by atoms with Gasteiger partial charge in [0.05, 0.1) is 18.6 Å². The van der Waals surface area contributed by atoms with E-state index in [0.29, 0.717) is 17.6 Å². The molecule has 1 aromatic heterocycles. The minimum atomic E-state index is -0.425. The second-order valence-electron chi connectivity index (χ2n) is 6.27. The largest absolute Gasteiger partial charge is 0.466 e. The summed E-state index contributed by atoms with van der Waals surface area (Å²) in [5, 5.41) is 4.07. The summed E-state index contributed by atoms with van der Waals surface area (Å²) < 4.78 is 10.9. The predicted octanol–water partition coefficient (Wildman–Crippen LogP) is 3.84. The molecule has 0 saturated carbocycles. The van der Waals surface area contributed by atoms with E-state index in [-0.39, 0.29) is 5.78 Å². The van der Waals surface area contributed by atoms with Crippen molar-refractivity contribution < 1.29 is 18.7 Å². The second-order valence-corrected chi connectivity index (χ2v) is 7.54. The molecule has 0 fully saturated rings. The van der Waals surface area contributed by atoms with Crippen molar-refractivity contribution in [3.8, 4) is 0 Å². The van der Waals surface area contributed by atoms with Crippen molar-refractivity contribution in [1.29, 1.82) is 0 Å². The quantitative estimate of drug-likeness (QED) is 0.649. The zero-order valence-electron chi connectivity index (χ0n) is 15.0. The average Bonchev–Trinajstić information content (AvgIpc) is 2.93. The number of dihydropyridines is 1. The third-order valence-electron chi connectivity index (χ3n) is 4.71. The van der Waals surface area contributed by atoms with Crippen LogP contribution in [0.4, 0.5) is 0 Å². The number of carbonyl (C=O) groups excluding carboxylic acids is 2. The van der Waals surface area contributed by atoms with Crippen LogP contribution in [0.25, 0.3) is 0 Å². The summed E-state index contributed by atoms with van der Waals surface area (Å²) in [5.41, 5.74) is 3.73. The first-order valence-electron chi connectivity index (χ1n) is 8.53. The standard InChI is InChI=1S/C19H23NO4S/c1-5-25-15-9-12(11(3)24-15)17-16(19(22)23-4)10(2)20-13-7-6-8-14(21)18(13)17/h9,17,20H,5-8H2,1-4H3/t17-/m0/s1. The molecule has 0 saturated heterocycles. The lowest BCUT2D eigenvalue weighted by Crippen LogP contribution is -2.34. The van der Waals surface area contributed by atoms with Gasteiger partial charge < -0.3 is 14.5 Å². The lowest BCUT2D eigenvalue weighted by atomic mass is 9.75. The van der Waals surface area contributed by atoms with Gasteiger partial charge in [-0.2, -0.15) is 0 Å². The van der Waals surface area contributed by atoms with Gasteiger partial charge in [0.1, 0.15) is 5.76 Å². The Kier molecular flexibility index (Phi) is 5.08. The van der Waals surface area contributed by atoms with Crippen molar-refractivity contribution in [3.05, 3.63) is 39.9 Å². The van der Waals surface area contributed by atoms with E-state index in [4.69, 9.17) is 9.15 Å². The Balaban J connectivity index is 2.18.